The molecular weight excluding hydrogens is 467 g/mol. The molecule has 37 heavy (non-hydrogen) atoms. The fourth-order valence-electron chi connectivity index (χ4n) is 4.46. The average molecular weight is 497 g/mol. The molecule has 0 radical (unpaired) electrons. The highest BCUT2D eigenvalue weighted by Crippen LogP contribution is 2.35. The molecule has 0 amide bonds. The van der Waals surface area contributed by atoms with Gasteiger partial charge in [-0.25, -0.2) is 14.4 Å². The molecule has 3 heterocycles. The second-order valence-electron chi connectivity index (χ2n) is 8.85. The second kappa shape index (κ2) is 10.3. The number of aryl methyl sites for hydroxylation is 2. The minimum Gasteiger partial charge on any atom is -0.491 e. The quantitative estimate of drug-likeness (QED) is 0.236. The number of nitrogen functional groups attached to an aromatic ring is 1. The van der Waals surface area contributed by atoms with Crippen LogP contribution >= 0.6 is 0 Å². The molecule has 5 aromatic rings. The van der Waals surface area contributed by atoms with E-state index in [9.17, 15) is 0 Å². The normalized spacial score (nSPS) is 12.0. The van der Waals surface area contributed by atoms with E-state index in [1.807, 2.05) is 63.4 Å². The van der Waals surface area contributed by atoms with Gasteiger partial charge in [-0.05, 0) is 73.2 Å². The monoisotopic (exact) mass is 496 g/mol. The van der Waals surface area contributed by atoms with Crippen molar-refractivity contribution in [2.45, 2.75) is 33.2 Å². The van der Waals surface area contributed by atoms with Crippen LogP contribution in [0.2, 0.25) is 0 Å². The Bertz CT molecular complexity index is 1560. The van der Waals surface area contributed by atoms with Crippen molar-refractivity contribution in [2.24, 2.45) is 0 Å². The average Bonchev–Trinajstić information content (AvgIpc) is 3.39. The maximum Gasteiger partial charge on any atom is 0.170 e. The summed E-state index contributed by atoms with van der Waals surface area (Å²) in [6.07, 6.45) is 7.77. The van der Waals surface area contributed by atoms with Gasteiger partial charge in [-0.1, -0.05) is 13.0 Å². The first-order valence-corrected chi connectivity index (χ1v) is 12.3. The molecular formula is C29H29FN6O. The number of anilines is 2. The number of benzene rings is 2. The van der Waals surface area contributed by atoms with Gasteiger partial charge in [0.2, 0.25) is 0 Å². The number of imidazole rings is 1. The predicted molar refractivity (Wildman–Crippen MR) is 145 cm³/mol. The number of nitrogens with two attached hydrogens (primary N) is 1. The van der Waals surface area contributed by atoms with Crippen molar-refractivity contribution in [1.29, 1.82) is 0 Å². The van der Waals surface area contributed by atoms with Crippen molar-refractivity contribution in [3.63, 3.8) is 0 Å². The van der Waals surface area contributed by atoms with Crippen LogP contribution in [-0.2, 0) is 6.42 Å². The first-order chi connectivity index (χ1) is 18.0. The highest BCUT2D eigenvalue weighted by molar-refractivity contribution is 5.93. The van der Waals surface area contributed by atoms with Crippen LogP contribution in [0.3, 0.4) is 0 Å². The van der Waals surface area contributed by atoms with E-state index >= 15 is 4.39 Å². The lowest BCUT2D eigenvalue weighted by Crippen LogP contribution is -2.17. The lowest BCUT2D eigenvalue weighted by atomic mass is 9.99. The van der Waals surface area contributed by atoms with E-state index in [1.54, 1.807) is 24.7 Å². The second-order valence-corrected chi connectivity index (χ2v) is 8.85. The van der Waals surface area contributed by atoms with Gasteiger partial charge in [0.05, 0.1) is 12.3 Å². The van der Waals surface area contributed by atoms with Crippen molar-refractivity contribution in [3.8, 4) is 17.0 Å². The molecule has 0 aliphatic heterocycles. The Morgan fingerprint density at radius 2 is 1.97 bits per heavy atom. The van der Waals surface area contributed by atoms with Crippen LogP contribution in [0.25, 0.3) is 22.0 Å². The summed E-state index contributed by atoms with van der Waals surface area (Å²) in [6.45, 7) is 6.26. The van der Waals surface area contributed by atoms with Gasteiger partial charge < -0.3 is 20.8 Å². The van der Waals surface area contributed by atoms with Crippen molar-refractivity contribution >= 4 is 22.3 Å². The van der Waals surface area contributed by atoms with Crippen LogP contribution in [0.1, 0.15) is 42.4 Å². The van der Waals surface area contributed by atoms with Crippen LogP contribution in [-0.4, -0.2) is 26.5 Å². The van der Waals surface area contributed by atoms with Crippen LogP contribution in [0, 0.1) is 12.7 Å². The number of aromatic nitrogens is 4. The number of pyridine rings is 2. The van der Waals surface area contributed by atoms with Crippen molar-refractivity contribution < 1.29 is 9.13 Å². The zero-order valence-electron chi connectivity index (χ0n) is 21.0. The summed E-state index contributed by atoms with van der Waals surface area (Å²) in [7, 11) is 0. The summed E-state index contributed by atoms with van der Waals surface area (Å²) in [5.41, 5.74) is 10.9. The molecule has 0 aliphatic carbocycles. The van der Waals surface area contributed by atoms with Crippen LogP contribution in [0.5, 0.6) is 5.75 Å². The summed E-state index contributed by atoms with van der Waals surface area (Å²) >= 11 is 0. The van der Waals surface area contributed by atoms with Gasteiger partial charge in [0.25, 0.3) is 0 Å². The third kappa shape index (κ3) is 4.82. The first-order valence-electron chi connectivity index (χ1n) is 12.3. The molecule has 0 saturated heterocycles. The largest absolute Gasteiger partial charge is 0.491 e. The van der Waals surface area contributed by atoms with Gasteiger partial charge >= 0.3 is 0 Å². The Hall–Kier alpha value is -4.46. The zero-order chi connectivity index (χ0) is 25.9. The SMILES string of the molecule is CCOc1cc(CC)cc(C(Nc2ccc3c(N)nccc3c2)c2nc(-c3cnccc3C)c[nH]2)c1F. The number of hydrogen-bond donors (Lipinski definition) is 3. The lowest BCUT2D eigenvalue weighted by Gasteiger charge is -2.22. The van der Waals surface area contributed by atoms with Gasteiger partial charge in [-0.15, -0.1) is 0 Å². The summed E-state index contributed by atoms with van der Waals surface area (Å²) < 4.78 is 21.5. The van der Waals surface area contributed by atoms with Gasteiger partial charge in [0.15, 0.2) is 11.6 Å². The number of nitrogens with one attached hydrogen (secondary N) is 2. The molecule has 0 bridgehead atoms. The third-order valence-corrected chi connectivity index (χ3v) is 6.44. The molecule has 4 N–H and O–H groups in total. The van der Waals surface area contributed by atoms with E-state index in [0.717, 1.165) is 45.3 Å². The molecule has 8 heteroatoms. The van der Waals surface area contributed by atoms with Crippen LogP contribution in [0.15, 0.2) is 67.3 Å². The lowest BCUT2D eigenvalue weighted by molar-refractivity contribution is 0.319. The van der Waals surface area contributed by atoms with E-state index in [2.05, 4.69) is 20.3 Å². The van der Waals surface area contributed by atoms with E-state index in [1.165, 1.54) is 0 Å². The third-order valence-electron chi connectivity index (χ3n) is 6.44. The molecule has 1 unspecified atom stereocenters. The topological polar surface area (TPSA) is 102 Å². The Kier molecular flexibility index (Phi) is 6.72. The van der Waals surface area contributed by atoms with Gasteiger partial charge in [-0.2, -0.15) is 0 Å². The van der Waals surface area contributed by atoms with Crippen molar-refractivity contribution in [1.82, 2.24) is 19.9 Å². The molecule has 0 spiro atoms. The molecule has 1 atom stereocenters. The summed E-state index contributed by atoms with van der Waals surface area (Å²) in [4.78, 5) is 16.6. The number of halogens is 1. The fourth-order valence-corrected chi connectivity index (χ4v) is 4.46. The van der Waals surface area contributed by atoms with E-state index in [-0.39, 0.29) is 5.75 Å². The number of aromatic amines is 1. The molecule has 2 aromatic carbocycles. The number of rotatable bonds is 8. The first kappa shape index (κ1) is 24.2. The minimum absolute atomic E-state index is 0.232. The Morgan fingerprint density at radius 1 is 1.11 bits per heavy atom. The summed E-state index contributed by atoms with van der Waals surface area (Å²) in [5, 5.41) is 5.28. The fraction of sp³-hybridized carbons (Fsp3) is 0.207. The number of fused-ring (bicyclic) bond motifs is 1. The van der Waals surface area contributed by atoms with Gasteiger partial charge in [-0.3, -0.25) is 4.98 Å². The van der Waals surface area contributed by atoms with Gasteiger partial charge in [0.1, 0.15) is 17.7 Å². The molecule has 0 aliphatic rings. The number of hydrogen-bond acceptors (Lipinski definition) is 6. The zero-order valence-corrected chi connectivity index (χ0v) is 21.0. The molecule has 3 aromatic heterocycles. The van der Waals surface area contributed by atoms with E-state index in [0.29, 0.717) is 23.8 Å². The maximum atomic E-state index is 15.9. The molecule has 5 rings (SSSR count). The van der Waals surface area contributed by atoms with Crippen molar-refractivity contribution in [3.05, 3.63) is 95.6 Å². The Balaban J connectivity index is 1.63. The Labute approximate surface area is 215 Å². The van der Waals surface area contributed by atoms with Crippen LogP contribution in [0.4, 0.5) is 15.9 Å². The van der Waals surface area contributed by atoms with Crippen LogP contribution < -0.4 is 15.8 Å². The number of H-pyrrole nitrogens is 1. The molecule has 7 nitrogen and oxygen atoms in total. The van der Waals surface area contributed by atoms with E-state index < -0.39 is 11.9 Å². The maximum absolute atomic E-state index is 15.9. The minimum atomic E-state index is -0.618. The molecule has 0 saturated carbocycles. The summed E-state index contributed by atoms with van der Waals surface area (Å²) in [6, 6.07) is 12.6. The number of ether oxygens (including phenoxy) is 1. The highest BCUT2D eigenvalue weighted by atomic mass is 19.1. The molecule has 0 fully saturated rings. The standard InChI is InChI=1S/C29H29FN6O/c1-4-18-12-22(26(30)25(13-18)37-5-2)27(29-34-16-24(36-29)23-15-32-10-8-17(23)3)35-20-6-7-21-19(14-20)9-11-33-28(21)31/h6-16,27,35H,4-5H2,1-3H3,(H2,31,33)(H,34,36). The smallest absolute Gasteiger partial charge is 0.170 e. The number of nitrogens with zero attached hydrogens (tertiary/aromatic N) is 3. The highest BCUT2D eigenvalue weighted by Gasteiger charge is 2.25. The van der Waals surface area contributed by atoms with Gasteiger partial charge in [0, 0.05) is 47.0 Å². The molecule has 188 valence electrons. The van der Waals surface area contributed by atoms with E-state index in [4.69, 9.17) is 15.5 Å². The summed E-state index contributed by atoms with van der Waals surface area (Å²) in [5.74, 6) is 0.852. The Morgan fingerprint density at radius 3 is 2.76 bits per heavy atom. The predicted octanol–water partition coefficient (Wildman–Crippen LogP) is 6.21. The van der Waals surface area contributed by atoms with Crippen molar-refractivity contribution in [2.75, 3.05) is 17.7 Å².